The molecule has 1 amide bonds. The van der Waals surface area contributed by atoms with Crippen LogP contribution in [0.5, 0.6) is 0 Å². The van der Waals surface area contributed by atoms with Crippen molar-refractivity contribution in [1.29, 1.82) is 0 Å². The molecule has 0 atom stereocenters. The summed E-state index contributed by atoms with van der Waals surface area (Å²) in [5, 5.41) is 10.1. The minimum atomic E-state index is -0.147. The summed E-state index contributed by atoms with van der Waals surface area (Å²) in [4.78, 5) is 26.4. The molecule has 0 fully saturated rings. The molecule has 3 aromatic carbocycles. The minimum Gasteiger partial charge on any atom is -0.395 e. The molecule has 0 bridgehead atoms. The van der Waals surface area contributed by atoms with Crippen molar-refractivity contribution in [2.45, 2.75) is 40.4 Å². The quantitative estimate of drug-likeness (QED) is 0.378. The van der Waals surface area contributed by atoms with Gasteiger partial charge < -0.3 is 15.7 Å². The van der Waals surface area contributed by atoms with Gasteiger partial charge in [-0.05, 0) is 46.5 Å². The van der Waals surface area contributed by atoms with Crippen LogP contribution in [0.1, 0.15) is 48.0 Å². The number of likely N-dealkylation sites (N-methyl/N-ethyl adjacent to an activating group) is 1. The van der Waals surface area contributed by atoms with Crippen molar-refractivity contribution in [2.75, 3.05) is 25.4 Å². The summed E-state index contributed by atoms with van der Waals surface area (Å²) in [6, 6.07) is 22.2. The van der Waals surface area contributed by atoms with Crippen LogP contribution in [0.4, 0.5) is 5.95 Å². The molecule has 0 radical (unpaired) electrons. The molecule has 37 heavy (non-hydrogen) atoms. The van der Waals surface area contributed by atoms with Crippen molar-refractivity contribution in [3.05, 3.63) is 89.1 Å². The highest BCUT2D eigenvalue weighted by Crippen LogP contribution is 2.31. The molecule has 1 aliphatic rings. The predicted molar refractivity (Wildman–Crippen MR) is 149 cm³/mol. The Labute approximate surface area is 218 Å². The van der Waals surface area contributed by atoms with E-state index in [4.69, 9.17) is 5.73 Å². The van der Waals surface area contributed by atoms with Crippen molar-refractivity contribution in [2.24, 2.45) is 0 Å². The van der Waals surface area contributed by atoms with Crippen LogP contribution in [0.3, 0.4) is 0 Å². The number of anilines is 1. The Kier molecular flexibility index (Phi) is 8.48. The first kappa shape index (κ1) is 26.3. The molecule has 7 nitrogen and oxygen atoms in total. The Hall–Kier alpha value is -3.81. The van der Waals surface area contributed by atoms with Gasteiger partial charge in [0.05, 0.1) is 12.1 Å². The number of carbonyl (C=O) groups excluding carboxylic acids is 1. The van der Waals surface area contributed by atoms with E-state index < -0.39 is 0 Å². The zero-order chi connectivity index (χ0) is 26.4. The number of nitrogens with zero attached hydrogens (tertiary/aromatic N) is 4. The second kappa shape index (κ2) is 12.0. The van der Waals surface area contributed by atoms with Gasteiger partial charge in [0.2, 0.25) is 5.95 Å². The van der Waals surface area contributed by atoms with Crippen molar-refractivity contribution in [3.8, 4) is 11.1 Å². The second-order valence-electron chi connectivity index (χ2n) is 8.84. The van der Waals surface area contributed by atoms with Gasteiger partial charge in [-0.1, -0.05) is 75.4 Å². The summed E-state index contributed by atoms with van der Waals surface area (Å²) < 4.78 is 0. The van der Waals surface area contributed by atoms with E-state index in [0.29, 0.717) is 36.2 Å². The number of amides is 1. The van der Waals surface area contributed by atoms with Crippen LogP contribution in [0, 0.1) is 0 Å². The third kappa shape index (κ3) is 5.63. The van der Waals surface area contributed by atoms with Gasteiger partial charge in [-0.15, -0.1) is 0 Å². The Morgan fingerprint density at radius 2 is 1.68 bits per heavy atom. The van der Waals surface area contributed by atoms with E-state index in [1.165, 1.54) is 0 Å². The number of hydrogen-bond acceptors (Lipinski definition) is 6. The summed E-state index contributed by atoms with van der Waals surface area (Å²) in [6.07, 6.45) is 0. The molecule has 3 N–H and O–H groups in total. The van der Waals surface area contributed by atoms with Crippen molar-refractivity contribution < 1.29 is 9.90 Å². The average Bonchev–Trinajstić information content (AvgIpc) is 3.37. The van der Waals surface area contributed by atoms with Crippen LogP contribution in [0.15, 0.2) is 66.7 Å². The van der Waals surface area contributed by atoms with Crippen molar-refractivity contribution in [3.63, 3.8) is 0 Å². The first-order valence-electron chi connectivity index (χ1n) is 12.9. The Morgan fingerprint density at radius 3 is 2.35 bits per heavy atom. The first-order chi connectivity index (χ1) is 18.1. The highest BCUT2D eigenvalue weighted by Gasteiger charge is 2.27. The number of aliphatic hydroxyl groups is 1. The Bertz CT molecular complexity index is 1360. The van der Waals surface area contributed by atoms with Crippen LogP contribution in [0.25, 0.3) is 22.0 Å². The second-order valence-corrected chi connectivity index (χ2v) is 8.84. The molecule has 4 aromatic rings. The standard InChI is InChI=1S/C28H29N5O2.C2H6/c1-2-32(13-14-34)16-22-9-5-6-10-23(22)19-11-12-25-24(15-19)26(31-28(29)30-25)27(35)33-17-20-7-3-4-8-21(20)18-33;1-2/h3-12,15,34H,2,13-14,16-18H2,1H3,(H2,29,30,31);1-2H3. The van der Waals surface area contributed by atoms with E-state index in [2.05, 4.69) is 46.1 Å². The summed E-state index contributed by atoms with van der Waals surface area (Å²) in [6.45, 7) is 9.51. The third-order valence-electron chi connectivity index (χ3n) is 6.63. The molecule has 1 aliphatic heterocycles. The normalized spacial score (nSPS) is 12.4. The van der Waals surface area contributed by atoms with Crippen LogP contribution >= 0.6 is 0 Å². The van der Waals surface area contributed by atoms with E-state index in [-0.39, 0.29) is 18.5 Å². The summed E-state index contributed by atoms with van der Waals surface area (Å²) >= 11 is 0. The summed E-state index contributed by atoms with van der Waals surface area (Å²) in [5.41, 5.74) is 12.5. The molecular weight excluding hydrogens is 462 g/mol. The molecule has 1 aromatic heterocycles. The van der Waals surface area contributed by atoms with Crippen LogP contribution < -0.4 is 5.73 Å². The van der Waals surface area contributed by atoms with Gasteiger partial charge >= 0.3 is 0 Å². The lowest BCUT2D eigenvalue weighted by Gasteiger charge is -2.21. The van der Waals surface area contributed by atoms with Crippen molar-refractivity contribution >= 4 is 22.8 Å². The van der Waals surface area contributed by atoms with E-state index in [1.54, 1.807) is 4.90 Å². The van der Waals surface area contributed by atoms with Crippen LogP contribution in [-0.4, -0.2) is 50.5 Å². The van der Waals surface area contributed by atoms with E-state index >= 15 is 0 Å². The lowest BCUT2D eigenvalue weighted by Crippen LogP contribution is -2.27. The minimum absolute atomic E-state index is 0.0910. The number of fused-ring (bicyclic) bond motifs is 2. The fraction of sp³-hybridized carbons (Fsp3) is 0.300. The number of rotatable bonds is 7. The van der Waals surface area contributed by atoms with Gasteiger partial charge in [-0.3, -0.25) is 9.69 Å². The maximum Gasteiger partial charge on any atom is 0.273 e. The average molecular weight is 498 g/mol. The smallest absolute Gasteiger partial charge is 0.273 e. The molecule has 0 spiro atoms. The van der Waals surface area contributed by atoms with E-state index in [0.717, 1.165) is 40.9 Å². The molecule has 0 aliphatic carbocycles. The fourth-order valence-electron chi connectivity index (χ4n) is 4.77. The highest BCUT2D eigenvalue weighted by atomic mass is 16.3. The maximum atomic E-state index is 13.6. The highest BCUT2D eigenvalue weighted by molar-refractivity contribution is 6.05. The number of carbonyl (C=O) groups is 1. The zero-order valence-electron chi connectivity index (χ0n) is 21.8. The Morgan fingerprint density at radius 1 is 1.00 bits per heavy atom. The lowest BCUT2D eigenvalue weighted by molar-refractivity contribution is 0.0747. The SMILES string of the molecule is CC.CCN(CCO)Cc1ccccc1-c1ccc2nc(N)nc(C(=O)N3Cc4ccccc4C3)c2c1. The molecule has 192 valence electrons. The number of aromatic nitrogens is 2. The number of benzene rings is 3. The third-order valence-corrected chi connectivity index (χ3v) is 6.63. The topological polar surface area (TPSA) is 95.6 Å². The molecule has 5 rings (SSSR count). The maximum absolute atomic E-state index is 13.6. The zero-order valence-corrected chi connectivity index (χ0v) is 21.8. The number of nitrogens with two attached hydrogens (primary N) is 1. The van der Waals surface area contributed by atoms with Gasteiger partial charge in [-0.25, -0.2) is 9.97 Å². The molecule has 2 heterocycles. The van der Waals surface area contributed by atoms with Gasteiger partial charge in [0.15, 0.2) is 0 Å². The lowest BCUT2D eigenvalue weighted by atomic mass is 9.97. The fourth-order valence-corrected chi connectivity index (χ4v) is 4.77. The van der Waals surface area contributed by atoms with Gasteiger partial charge in [0, 0.05) is 31.6 Å². The van der Waals surface area contributed by atoms with E-state index in [1.807, 2.05) is 56.3 Å². The number of aliphatic hydroxyl groups excluding tert-OH is 1. The van der Waals surface area contributed by atoms with Gasteiger partial charge in [0.25, 0.3) is 5.91 Å². The van der Waals surface area contributed by atoms with Crippen molar-refractivity contribution in [1.82, 2.24) is 19.8 Å². The van der Waals surface area contributed by atoms with Gasteiger partial charge in [0.1, 0.15) is 5.69 Å². The van der Waals surface area contributed by atoms with E-state index in [9.17, 15) is 9.90 Å². The molecule has 0 saturated carbocycles. The molecule has 0 saturated heterocycles. The summed E-state index contributed by atoms with van der Waals surface area (Å²) in [5.74, 6) is -0.0564. The van der Waals surface area contributed by atoms with Gasteiger partial charge in [-0.2, -0.15) is 0 Å². The number of hydrogen-bond donors (Lipinski definition) is 2. The van der Waals surface area contributed by atoms with Crippen LogP contribution in [-0.2, 0) is 19.6 Å². The molecular formula is C30H35N5O2. The predicted octanol–water partition coefficient (Wildman–Crippen LogP) is 4.88. The number of nitrogen functional groups attached to an aromatic ring is 1. The monoisotopic (exact) mass is 497 g/mol. The molecule has 0 unspecified atom stereocenters. The molecule has 7 heteroatoms. The van der Waals surface area contributed by atoms with Crippen LogP contribution in [0.2, 0.25) is 0 Å². The Balaban J connectivity index is 0.00000156. The summed E-state index contributed by atoms with van der Waals surface area (Å²) in [7, 11) is 0. The first-order valence-corrected chi connectivity index (χ1v) is 12.9. The largest absolute Gasteiger partial charge is 0.395 e.